The highest BCUT2D eigenvalue weighted by molar-refractivity contribution is 6.17. The number of alkyl halides is 6. The lowest BCUT2D eigenvalue weighted by Crippen LogP contribution is -2.34. The van der Waals surface area contributed by atoms with Crippen LogP contribution in [0.2, 0.25) is 0 Å². The van der Waals surface area contributed by atoms with E-state index in [0.717, 1.165) is 62.5 Å². The Labute approximate surface area is 623 Å². The number of fused-ring (bicyclic) bond motifs is 3. The molecule has 0 saturated carbocycles. The van der Waals surface area contributed by atoms with Gasteiger partial charge in [-0.25, -0.2) is 24.8 Å². The van der Waals surface area contributed by atoms with Gasteiger partial charge < -0.3 is 20.9 Å². The van der Waals surface area contributed by atoms with Crippen molar-refractivity contribution >= 4 is 87.2 Å². The maximum atomic E-state index is 13.9. The summed E-state index contributed by atoms with van der Waals surface area (Å²) in [6.45, 7) is 18.6. The van der Waals surface area contributed by atoms with Gasteiger partial charge in [0.05, 0.1) is 67.4 Å². The number of nitrogens with zero attached hydrogens (tertiary/aromatic N) is 7. The highest BCUT2D eigenvalue weighted by Crippen LogP contribution is 2.53. The molecule has 18 nitrogen and oxygen atoms in total. The second-order valence-electron chi connectivity index (χ2n) is 28.3. The number of halogens is 6. The van der Waals surface area contributed by atoms with E-state index in [2.05, 4.69) is 46.1 Å². The number of aromatic amines is 2. The van der Waals surface area contributed by atoms with E-state index in [1.807, 2.05) is 102 Å². The summed E-state index contributed by atoms with van der Waals surface area (Å²) >= 11 is 0. The lowest BCUT2D eigenvalue weighted by atomic mass is 9.81. The van der Waals surface area contributed by atoms with Gasteiger partial charge in [-0.05, 0) is 216 Å². The number of H-pyrrole nitrogens is 2. The summed E-state index contributed by atoms with van der Waals surface area (Å²) in [5.41, 5.74) is 8.56. The van der Waals surface area contributed by atoms with Crippen molar-refractivity contribution in [2.45, 2.75) is 97.8 Å². The summed E-state index contributed by atoms with van der Waals surface area (Å²) in [7, 11) is 0. The lowest BCUT2D eigenvalue weighted by molar-refractivity contribution is -0.138. The van der Waals surface area contributed by atoms with Crippen LogP contribution in [0.1, 0.15) is 123 Å². The van der Waals surface area contributed by atoms with Gasteiger partial charge in [-0.2, -0.15) is 31.4 Å². The van der Waals surface area contributed by atoms with Crippen LogP contribution in [0.3, 0.4) is 0 Å². The molecule has 3 aliphatic rings. The predicted molar refractivity (Wildman–Crippen MR) is 407 cm³/mol. The standard InChI is InChI=1S/C29H26N4O2.2C28H23F3N4O2/c1-18-9-13-21(14-10-18)32-26(34)23-17-20(12-11-19(23)2)22-7-5-8-24-25(22)29(3,4)27(35)33(24)28-30-15-6-16-31-28;1-16-7-10-18(11-8-16)34-25(36)21-13-17(9-12-22(21)28(29,30)31)20-5-4-6-23-24(20)27(2,3)26(37)35(23)19-14-32-33-15-19;1-16-7-10-18(11-8-16)34-24(36)20-15-17(9-12-21(20)28(29,30)31)19-5-4-6-22-23(19)27(2,3)25(37)35(22)26-32-13-14-33-26/h5-17H,1-4H3,(H,32,34);2*4-15H,1-3H3,(H,32,33)(H,34,36). The lowest BCUT2D eigenvalue weighted by Gasteiger charge is -2.21. The van der Waals surface area contributed by atoms with Crippen molar-refractivity contribution in [3.63, 3.8) is 0 Å². The van der Waals surface area contributed by atoms with E-state index in [1.165, 1.54) is 46.5 Å². The third-order valence-corrected chi connectivity index (χ3v) is 19.6. The van der Waals surface area contributed by atoms with E-state index in [9.17, 15) is 55.1 Å². The van der Waals surface area contributed by atoms with Gasteiger partial charge in [0.15, 0.2) is 0 Å². The first-order valence-electron chi connectivity index (χ1n) is 34.6. The fourth-order valence-corrected chi connectivity index (χ4v) is 14.0. The molecule has 15 rings (SSSR count). The Hall–Kier alpha value is -13.1. The normalized spacial score (nSPS) is 14.4. The molecule has 24 heteroatoms. The minimum atomic E-state index is -4.73. The molecular weight excluding hydrogens is 1400 g/mol. The maximum absolute atomic E-state index is 13.9. The maximum Gasteiger partial charge on any atom is 0.417 e. The quantitative estimate of drug-likeness (QED) is 0.0726. The molecule has 6 heterocycles. The first-order chi connectivity index (χ1) is 51.7. The molecule has 3 aromatic heterocycles. The monoisotopic (exact) mass is 1470 g/mol. The molecule has 0 radical (unpaired) electrons. The number of imidazole rings is 1. The van der Waals surface area contributed by atoms with Crippen molar-refractivity contribution in [1.29, 1.82) is 0 Å². The first-order valence-corrected chi connectivity index (χ1v) is 34.6. The van der Waals surface area contributed by atoms with Gasteiger partial charge in [0.2, 0.25) is 29.6 Å². The van der Waals surface area contributed by atoms with Crippen LogP contribution in [0, 0.1) is 27.7 Å². The van der Waals surface area contributed by atoms with E-state index in [0.29, 0.717) is 79.3 Å². The topological polar surface area (TPSA) is 231 Å². The average molecular weight is 1470 g/mol. The number of aryl methyl sites for hydroxylation is 4. The van der Waals surface area contributed by atoms with Crippen LogP contribution < -0.4 is 30.7 Å². The average Bonchev–Trinajstić information content (AvgIpc) is 1.59. The Morgan fingerprint density at radius 1 is 0.422 bits per heavy atom. The van der Waals surface area contributed by atoms with E-state index >= 15 is 0 Å². The second-order valence-corrected chi connectivity index (χ2v) is 28.3. The van der Waals surface area contributed by atoms with E-state index < -0.39 is 62.7 Å². The van der Waals surface area contributed by atoms with Crippen LogP contribution in [0.5, 0.6) is 0 Å². The second kappa shape index (κ2) is 28.6. The smallest absolute Gasteiger partial charge is 0.330 e. The predicted octanol–water partition coefficient (Wildman–Crippen LogP) is 19.2. The third-order valence-electron chi connectivity index (χ3n) is 19.6. The van der Waals surface area contributed by atoms with Gasteiger partial charge in [0.25, 0.3) is 17.7 Å². The molecule has 12 aromatic rings. The molecule has 3 aliphatic heterocycles. The van der Waals surface area contributed by atoms with E-state index in [4.69, 9.17) is 0 Å². The van der Waals surface area contributed by atoms with E-state index in [1.54, 1.807) is 148 Å². The van der Waals surface area contributed by atoms with Crippen molar-refractivity contribution in [1.82, 2.24) is 30.1 Å². The van der Waals surface area contributed by atoms with Crippen molar-refractivity contribution in [2.24, 2.45) is 0 Å². The van der Waals surface area contributed by atoms with Gasteiger partial charge in [-0.1, -0.05) is 114 Å². The molecule has 0 saturated heterocycles. The van der Waals surface area contributed by atoms with Crippen molar-refractivity contribution in [3.8, 4) is 33.4 Å². The SMILES string of the molecule is Cc1ccc(NC(=O)c2cc(-c3cccc4c3C(C)(C)C(=O)N4c3cn[nH]c3)ccc2C(F)(F)F)cc1.Cc1ccc(NC(=O)c2cc(-c3cccc4c3C(C)(C)C(=O)N4c3ncc[nH]3)ccc2C(F)(F)F)cc1.Cc1ccc(NC(=O)c2cc(-c3cccc4c3C(C)(C)C(=O)N4c3ncccn3)ccc2C)cc1. The van der Waals surface area contributed by atoms with Gasteiger partial charge in [-0.15, -0.1) is 0 Å². The summed E-state index contributed by atoms with van der Waals surface area (Å²) in [4.78, 5) is 100. The molecule has 0 spiro atoms. The number of rotatable bonds is 12. The number of carbonyl (C=O) groups excluding carboxylic acids is 6. The minimum absolute atomic E-state index is 0.0874. The molecule has 0 bridgehead atoms. The molecule has 550 valence electrons. The molecule has 0 aliphatic carbocycles. The minimum Gasteiger partial charge on any atom is -0.330 e. The summed E-state index contributed by atoms with van der Waals surface area (Å²) in [5.74, 6) is -1.73. The largest absolute Gasteiger partial charge is 0.417 e. The number of benzene rings is 9. The van der Waals surface area contributed by atoms with E-state index in [-0.39, 0.29) is 23.6 Å². The zero-order valence-corrected chi connectivity index (χ0v) is 60.7. The number of carbonyl (C=O) groups is 6. The Bertz CT molecular complexity index is 5320. The Morgan fingerprint density at radius 2 is 0.798 bits per heavy atom. The molecule has 9 aromatic carbocycles. The van der Waals surface area contributed by atoms with Crippen LogP contribution in [0.4, 0.5) is 78.1 Å². The van der Waals surface area contributed by atoms with Gasteiger partial charge in [0, 0.05) is 53.6 Å². The van der Waals surface area contributed by atoms with Crippen LogP contribution in [-0.2, 0) is 43.0 Å². The molecule has 0 fully saturated rings. The Morgan fingerprint density at radius 3 is 1.19 bits per heavy atom. The van der Waals surface area contributed by atoms with Gasteiger partial charge >= 0.3 is 12.4 Å². The number of aromatic nitrogens is 6. The van der Waals surface area contributed by atoms with Crippen molar-refractivity contribution in [3.05, 3.63) is 292 Å². The number of hydrogen-bond acceptors (Lipinski definition) is 10. The van der Waals surface area contributed by atoms with Crippen molar-refractivity contribution in [2.75, 3.05) is 30.7 Å². The fourth-order valence-electron chi connectivity index (χ4n) is 14.0. The fraction of sp³-hybridized carbons (Fsp3) is 0.176. The van der Waals surface area contributed by atoms with Crippen LogP contribution in [0.15, 0.2) is 225 Å². The highest BCUT2D eigenvalue weighted by atomic mass is 19.4. The number of nitrogens with one attached hydrogen (secondary N) is 5. The first kappa shape index (κ1) is 74.2. The van der Waals surface area contributed by atoms with Crippen LogP contribution in [0.25, 0.3) is 33.4 Å². The number of amides is 6. The van der Waals surface area contributed by atoms with Gasteiger partial charge in [0.1, 0.15) is 0 Å². The van der Waals surface area contributed by atoms with Crippen LogP contribution in [-0.4, -0.2) is 65.6 Å². The third kappa shape index (κ3) is 14.2. The molecule has 0 atom stereocenters. The zero-order chi connectivity index (χ0) is 77.8. The molecular formula is C85H72F6N12O6. The summed E-state index contributed by atoms with van der Waals surface area (Å²) in [5, 5.41) is 14.8. The summed E-state index contributed by atoms with van der Waals surface area (Å²) in [6.07, 6.45) is 0.0565. The summed E-state index contributed by atoms with van der Waals surface area (Å²) in [6, 6.07) is 52.1. The van der Waals surface area contributed by atoms with Crippen LogP contribution >= 0.6 is 0 Å². The molecule has 6 amide bonds. The Kier molecular flexibility index (Phi) is 19.5. The Balaban J connectivity index is 0.000000144. The van der Waals surface area contributed by atoms with Crippen molar-refractivity contribution < 1.29 is 55.1 Å². The summed E-state index contributed by atoms with van der Waals surface area (Å²) < 4.78 is 83.4. The zero-order valence-electron chi connectivity index (χ0n) is 60.7. The molecule has 0 unspecified atom stereocenters. The van der Waals surface area contributed by atoms with Gasteiger partial charge in [-0.3, -0.25) is 38.8 Å². The number of anilines is 9. The number of hydrogen-bond donors (Lipinski definition) is 5. The molecule has 109 heavy (non-hydrogen) atoms. The highest BCUT2D eigenvalue weighted by Gasteiger charge is 2.50. The molecule has 5 N–H and O–H groups in total.